The predicted molar refractivity (Wildman–Crippen MR) is 126 cm³/mol. The number of anilines is 2. The van der Waals surface area contributed by atoms with E-state index in [9.17, 15) is 9.59 Å². The number of carbonyl (C=O) groups excluding carboxylic acids is 2. The second-order valence-electron chi connectivity index (χ2n) is 8.19. The van der Waals surface area contributed by atoms with E-state index in [0.29, 0.717) is 13.1 Å². The van der Waals surface area contributed by atoms with Crippen LogP contribution < -0.4 is 15.1 Å². The summed E-state index contributed by atoms with van der Waals surface area (Å²) in [6.07, 6.45) is 4.43. The van der Waals surface area contributed by atoms with Gasteiger partial charge in [-0.15, -0.1) is 11.3 Å². The van der Waals surface area contributed by atoms with Gasteiger partial charge in [0.05, 0.1) is 23.9 Å². The van der Waals surface area contributed by atoms with Gasteiger partial charge in [-0.1, -0.05) is 6.07 Å². The lowest BCUT2D eigenvalue weighted by Crippen LogP contribution is -2.32. The number of amides is 2. The summed E-state index contributed by atoms with van der Waals surface area (Å²) in [7, 11) is 0. The maximum Gasteiger partial charge on any atom is 0.227 e. The van der Waals surface area contributed by atoms with Crippen molar-refractivity contribution in [1.29, 1.82) is 0 Å². The second kappa shape index (κ2) is 9.08. The van der Waals surface area contributed by atoms with E-state index in [1.807, 2.05) is 35.7 Å². The largest absolute Gasteiger partial charge is 0.372 e. The van der Waals surface area contributed by atoms with Crippen LogP contribution in [0.5, 0.6) is 0 Å². The molecule has 1 N–H and O–H groups in total. The summed E-state index contributed by atoms with van der Waals surface area (Å²) >= 11 is 1.50. The van der Waals surface area contributed by atoms with Crippen LogP contribution in [-0.2, 0) is 16.1 Å². The van der Waals surface area contributed by atoms with Crippen molar-refractivity contribution in [2.75, 3.05) is 29.4 Å². The van der Waals surface area contributed by atoms with E-state index >= 15 is 0 Å². The zero-order valence-corrected chi connectivity index (χ0v) is 18.6. The number of nitrogens with zero attached hydrogens (tertiary/aromatic N) is 4. The minimum Gasteiger partial charge on any atom is -0.372 e. The number of rotatable bonds is 6. The molecule has 7 nitrogen and oxygen atoms in total. The van der Waals surface area contributed by atoms with E-state index in [0.717, 1.165) is 35.2 Å². The maximum absolute atomic E-state index is 12.7. The number of carbonyl (C=O) groups is 2. The first-order valence-corrected chi connectivity index (χ1v) is 11.8. The monoisotopic (exact) mass is 447 g/mol. The van der Waals surface area contributed by atoms with Crippen LogP contribution in [0.3, 0.4) is 0 Å². The van der Waals surface area contributed by atoms with Gasteiger partial charge in [-0.25, -0.2) is 4.98 Å². The number of hydrogen-bond donors (Lipinski definition) is 1. The van der Waals surface area contributed by atoms with Gasteiger partial charge in [-0.05, 0) is 49.2 Å². The van der Waals surface area contributed by atoms with Crippen molar-refractivity contribution < 1.29 is 9.59 Å². The molecule has 1 unspecified atom stereocenters. The third-order valence-electron chi connectivity index (χ3n) is 6.01. The van der Waals surface area contributed by atoms with Crippen LogP contribution in [0.1, 0.15) is 25.0 Å². The van der Waals surface area contributed by atoms with E-state index in [-0.39, 0.29) is 24.2 Å². The number of pyridine rings is 1. The highest BCUT2D eigenvalue weighted by Crippen LogP contribution is 2.28. The Hall–Kier alpha value is -3.26. The molecule has 3 aromatic rings. The lowest BCUT2D eigenvalue weighted by Gasteiger charge is -2.20. The van der Waals surface area contributed by atoms with Gasteiger partial charge in [-0.3, -0.25) is 14.6 Å². The van der Waals surface area contributed by atoms with Gasteiger partial charge in [0.2, 0.25) is 11.8 Å². The molecule has 2 amide bonds. The zero-order valence-electron chi connectivity index (χ0n) is 17.7. The van der Waals surface area contributed by atoms with Crippen molar-refractivity contribution in [2.24, 2.45) is 5.92 Å². The van der Waals surface area contributed by atoms with Gasteiger partial charge >= 0.3 is 0 Å². The Morgan fingerprint density at radius 3 is 2.62 bits per heavy atom. The first-order valence-electron chi connectivity index (χ1n) is 11.0. The molecule has 8 heteroatoms. The highest BCUT2D eigenvalue weighted by molar-refractivity contribution is 7.13. The van der Waals surface area contributed by atoms with Gasteiger partial charge in [0, 0.05) is 49.0 Å². The minimum absolute atomic E-state index is 0.00910. The van der Waals surface area contributed by atoms with Crippen molar-refractivity contribution in [1.82, 2.24) is 15.3 Å². The first-order chi connectivity index (χ1) is 15.7. The Balaban J connectivity index is 1.17. The summed E-state index contributed by atoms with van der Waals surface area (Å²) in [5, 5.41) is 5.70. The first kappa shape index (κ1) is 20.6. The maximum atomic E-state index is 12.7. The molecule has 2 aliphatic heterocycles. The van der Waals surface area contributed by atoms with Crippen LogP contribution in [0, 0.1) is 5.92 Å². The number of hydrogen-bond acceptors (Lipinski definition) is 6. The average Bonchev–Trinajstić information content (AvgIpc) is 3.59. The summed E-state index contributed by atoms with van der Waals surface area (Å²) in [4.78, 5) is 38.2. The smallest absolute Gasteiger partial charge is 0.227 e. The van der Waals surface area contributed by atoms with Gasteiger partial charge in [-0.2, -0.15) is 0 Å². The third kappa shape index (κ3) is 4.36. The van der Waals surface area contributed by atoms with E-state index in [1.54, 1.807) is 11.1 Å². The fraction of sp³-hybridized carbons (Fsp3) is 0.333. The molecule has 0 spiro atoms. The van der Waals surface area contributed by atoms with E-state index in [4.69, 9.17) is 0 Å². The number of benzene rings is 1. The summed E-state index contributed by atoms with van der Waals surface area (Å²) in [6.45, 7) is 2.93. The molecule has 0 radical (unpaired) electrons. The molecule has 5 rings (SSSR count). The third-order valence-corrected chi connectivity index (χ3v) is 6.92. The fourth-order valence-corrected chi connectivity index (χ4v) is 5.06. The van der Waals surface area contributed by atoms with Crippen LogP contribution in [0.25, 0.3) is 10.7 Å². The molecule has 32 heavy (non-hydrogen) atoms. The summed E-state index contributed by atoms with van der Waals surface area (Å²) < 4.78 is 0. The Morgan fingerprint density at radius 1 is 1.09 bits per heavy atom. The van der Waals surface area contributed by atoms with Crippen LogP contribution in [0.2, 0.25) is 0 Å². The van der Waals surface area contributed by atoms with E-state index in [1.165, 1.54) is 29.9 Å². The Bertz CT molecular complexity index is 1090. The van der Waals surface area contributed by atoms with Gasteiger partial charge in [0.25, 0.3) is 0 Å². The van der Waals surface area contributed by atoms with Crippen molar-refractivity contribution in [3.8, 4) is 10.7 Å². The molecule has 2 fully saturated rings. The molecule has 4 heterocycles. The molecule has 0 aliphatic carbocycles. The van der Waals surface area contributed by atoms with Crippen LogP contribution in [0.4, 0.5) is 11.4 Å². The summed E-state index contributed by atoms with van der Waals surface area (Å²) in [5.41, 5.74) is 3.67. The van der Waals surface area contributed by atoms with Gasteiger partial charge < -0.3 is 15.1 Å². The molecule has 2 aliphatic rings. The van der Waals surface area contributed by atoms with Gasteiger partial charge in [0.15, 0.2) is 0 Å². The van der Waals surface area contributed by atoms with Crippen LogP contribution in [0.15, 0.2) is 54.0 Å². The zero-order chi connectivity index (χ0) is 21.9. The molecule has 2 aromatic heterocycles. The fourth-order valence-electron chi connectivity index (χ4n) is 4.27. The number of aromatic nitrogens is 2. The normalized spacial score (nSPS) is 18.4. The van der Waals surface area contributed by atoms with Crippen LogP contribution >= 0.6 is 11.3 Å². The molecular weight excluding hydrogens is 422 g/mol. The minimum atomic E-state index is -0.352. The van der Waals surface area contributed by atoms with Crippen molar-refractivity contribution >= 4 is 34.5 Å². The Kier molecular flexibility index (Phi) is 5.85. The van der Waals surface area contributed by atoms with E-state index in [2.05, 4.69) is 32.3 Å². The molecule has 0 saturated carbocycles. The molecule has 1 atom stereocenters. The van der Waals surface area contributed by atoms with E-state index < -0.39 is 0 Å². The lowest BCUT2D eigenvalue weighted by molar-refractivity contribution is -0.126. The quantitative estimate of drug-likeness (QED) is 0.626. The summed E-state index contributed by atoms with van der Waals surface area (Å²) in [5.74, 6) is -0.471. The second-order valence-corrected chi connectivity index (χ2v) is 9.05. The Labute approximate surface area is 191 Å². The average molecular weight is 448 g/mol. The Morgan fingerprint density at radius 2 is 1.88 bits per heavy atom. The SMILES string of the molecule is O=C(NCc1csc(-c2ccccn2)n1)C1CC(=O)N(c2ccc(N3CCCC3)cc2)C1. The topological polar surface area (TPSA) is 78.4 Å². The molecule has 0 bridgehead atoms. The number of thiazole rings is 1. The van der Waals surface area contributed by atoms with Crippen LogP contribution in [-0.4, -0.2) is 41.4 Å². The molecule has 2 saturated heterocycles. The van der Waals surface area contributed by atoms with Crippen molar-refractivity contribution in [3.63, 3.8) is 0 Å². The molecule has 164 valence electrons. The van der Waals surface area contributed by atoms with Crippen molar-refractivity contribution in [2.45, 2.75) is 25.8 Å². The summed E-state index contributed by atoms with van der Waals surface area (Å²) in [6, 6.07) is 13.8. The molecular formula is C24H25N5O2S. The number of nitrogens with one attached hydrogen (secondary N) is 1. The predicted octanol–water partition coefficient (Wildman–Crippen LogP) is 3.47. The van der Waals surface area contributed by atoms with Crippen molar-refractivity contribution in [3.05, 3.63) is 59.7 Å². The lowest BCUT2D eigenvalue weighted by atomic mass is 10.1. The highest BCUT2D eigenvalue weighted by Gasteiger charge is 2.35. The van der Waals surface area contributed by atoms with Gasteiger partial charge in [0.1, 0.15) is 5.01 Å². The standard InChI is InChI=1S/C24H25N5O2S/c30-22-13-17(15-29(22)20-8-6-19(7-9-20)28-11-3-4-12-28)23(31)26-14-18-16-32-24(27-18)21-5-1-2-10-25-21/h1-2,5-10,16-17H,3-4,11-15H2,(H,26,31). The molecule has 1 aromatic carbocycles. The highest BCUT2D eigenvalue weighted by atomic mass is 32.1.